The minimum Gasteiger partial charge on any atom is -0.460 e. The van der Waals surface area contributed by atoms with Crippen LogP contribution in [0.4, 0.5) is 0 Å². The summed E-state index contributed by atoms with van der Waals surface area (Å²) >= 11 is 0. The molecule has 0 unspecified atom stereocenters. The van der Waals surface area contributed by atoms with E-state index in [4.69, 9.17) is 8.83 Å². The van der Waals surface area contributed by atoms with Gasteiger partial charge in [-0.05, 0) is 126 Å². The molecule has 0 fully saturated rings. The summed E-state index contributed by atoms with van der Waals surface area (Å²) in [5.74, 6) is 0.938. The van der Waals surface area contributed by atoms with Gasteiger partial charge in [0.1, 0.15) is 22.5 Å². The summed E-state index contributed by atoms with van der Waals surface area (Å²) in [6, 6.07) is 61.7. The van der Waals surface area contributed by atoms with Gasteiger partial charge in [0.15, 0.2) is 0 Å². The minimum absolute atomic E-state index is 0.182. The van der Waals surface area contributed by atoms with Crippen molar-refractivity contribution in [2.75, 3.05) is 0 Å². The van der Waals surface area contributed by atoms with Gasteiger partial charge in [-0.3, -0.25) is 0 Å². The van der Waals surface area contributed by atoms with Crippen molar-refractivity contribution in [1.29, 1.82) is 0 Å². The predicted molar refractivity (Wildman–Crippen MR) is 254 cm³/mol. The van der Waals surface area contributed by atoms with Crippen LogP contribution in [-0.2, 0) is 5.41 Å². The molecule has 0 saturated heterocycles. The predicted octanol–water partition coefficient (Wildman–Crippen LogP) is 16.5. The van der Waals surface area contributed by atoms with Gasteiger partial charge in [-0.2, -0.15) is 0 Å². The zero-order valence-electron chi connectivity index (χ0n) is 33.8. The molecule has 0 atom stereocenters. The zero-order valence-corrected chi connectivity index (χ0v) is 33.8. The molecule has 2 heterocycles. The molecule has 0 amide bonds. The van der Waals surface area contributed by atoms with Crippen LogP contribution in [0.3, 0.4) is 0 Å². The van der Waals surface area contributed by atoms with E-state index in [1.165, 1.54) is 82.8 Å². The monoisotopic (exact) mass is 768 g/mol. The van der Waals surface area contributed by atoms with Gasteiger partial charge in [0.05, 0.1) is 0 Å². The first kappa shape index (κ1) is 34.6. The first-order chi connectivity index (χ1) is 29.4. The van der Waals surface area contributed by atoms with E-state index in [-0.39, 0.29) is 5.41 Å². The molecule has 1 aliphatic rings. The van der Waals surface area contributed by atoms with Gasteiger partial charge in [0, 0.05) is 32.5 Å². The Kier molecular flexibility index (Phi) is 7.38. The van der Waals surface area contributed by atoms with E-state index in [0.29, 0.717) is 0 Å². The van der Waals surface area contributed by atoms with Crippen molar-refractivity contribution in [1.82, 2.24) is 0 Å². The summed E-state index contributed by atoms with van der Waals surface area (Å²) in [4.78, 5) is 0. The van der Waals surface area contributed by atoms with Crippen LogP contribution in [0.25, 0.3) is 110 Å². The molecule has 0 N–H and O–H groups in total. The number of furan rings is 2. The maximum atomic E-state index is 6.69. The Labute approximate surface area is 348 Å². The average molecular weight is 769 g/mol. The van der Waals surface area contributed by atoms with Gasteiger partial charge >= 0.3 is 0 Å². The van der Waals surface area contributed by atoms with E-state index in [1.54, 1.807) is 0 Å². The van der Waals surface area contributed by atoms with Crippen LogP contribution >= 0.6 is 0 Å². The van der Waals surface area contributed by atoms with Crippen LogP contribution in [0.2, 0.25) is 0 Å². The maximum Gasteiger partial charge on any atom is 0.142 e. The molecule has 0 spiro atoms. The van der Waals surface area contributed by atoms with Gasteiger partial charge in [0.25, 0.3) is 0 Å². The van der Waals surface area contributed by atoms with Crippen molar-refractivity contribution in [2.24, 2.45) is 0 Å². The van der Waals surface area contributed by atoms with Crippen LogP contribution in [-0.4, -0.2) is 0 Å². The molecule has 0 aliphatic heterocycles. The molecule has 60 heavy (non-hydrogen) atoms. The maximum absolute atomic E-state index is 6.69. The third kappa shape index (κ3) is 4.88. The minimum atomic E-state index is -0.182. The summed E-state index contributed by atoms with van der Waals surface area (Å²) in [7, 11) is 0. The van der Waals surface area contributed by atoms with Gasteiger partial charge in [-0.1, -0.05) is 160 Å². The second-order valence-corrected chi connectivity index (χ2v) is 16.8. The molecule has 284 valence electrons. The number of allylic oxidation sites excluding steroid dienone is 3. The smallest absolute Gasteiger partial charge is 0.142 e. The summed E-state index contributed by atoms with van der Waals surface area (Å²) in [6.45, 7) is 11.0. The topological polar surface area (TPSA) is 26.3 Å². The van der Waals surface area contributed by atoms with E-state index < -0.39 is 0 Å². The first-order valence-corrected chi connectivity index (χ1v) is 20.8. The highest BCUT2D eigenvalue weighted by Gasteiger charge is 2.39. The van der Waals surface area contributed by atoms with Crippen LogP contribution < -0.4 is 0 Å². The lowest BCUT2D eigenvalue weighted by Crippen LogP contribution is -2.16. The zero-order chi connectivity index (χ0) is 40.3. The third-order valence-corrected chi connectivity index (χ3v) is 13.2. The van der Waals surface area contributed by atoms with Crippen LogP contribution in [0.15, 0.2) is 191 Å². The Hall–Kier alpha value is -7.42. The molecule has 2 aromatic heterocycles. The van der Waals surface area contributed by atoms with E-state index >= 15 is 0 Å². The number of fused-ring (bicyclic) bond motifs is 9. The molecule has 9 aromatic carbocycles. The lowest BCUT2D eigenvalue weighted by molar-refractivity contribution is 0.577. The van der Waals surface area contributed by atoms with E-state index in [1.807, 2.05) is 18.2 Å². The number of aryl methyl sites for hydroxylation is 1. The largest absolute Gasteiger partial charge is 0.460 e. The summed E-state index contributed by atoms with van der Waals surface area (Å²) < 4.78 is 12.9. The molecule has 2 heteroatoms. The molecule has 0 radical (unpaired) electrons. The summed E-state index contributed by atoms with van der Waals surface area (Å²) in [6.07, 6.45) is 2.02. The van der Waals surface area contributed by atoms with E-state index in [0.717, 1.165) is 49.4 Å². The fourth-order valence-electron chi connectivity index (χ4n) is 10.5. The molecule has 12 rings (SSSR count). The van der Waals surface area contributed by atoms with Crippen LogP contribution in [0, 0.1) is 6.92 Å². The standard InChI is InChI=1S/C58H40O2/c1-5-40-42-14-10-12-20-50(42)58(3,4)56(40)53-34(2)59-57-41-29-26-37(32-38(41)27-30-48(53)57)35-22-24-36(25-23-35)54-44-16-6-8-18-46(44)55(47-19-9-7-17-45(47)54)39-28-31-52-49(33-39)43-15-11-13-21-51(43)60-52/h5-33H,1H2,2-4H3. The molecule has 11 aromatic rings. The second kappa shape index (κ2) is 12.8. The normalized spacial score (nSPS) is 13.7. The lowest BCUT2D eigenvalue weighted by atomic mass is 9.77. The molecular formula is C58H40O2. The number of hydrogen-bond donors (Lipinski definition) is 0. The number of benzene rings is 9. The quantitative estimate of drug-likeness (QED) is 0.163. The molecule has 0 bridgehead atoms. The number of para-hydroxylation sites is 1. The third-order valence-electron chi connectivity index (χ3n) is 13.2. The van der Waals surface area contributed by atoms with Crippen molar-refractivity contribution >= 4 is 76.4 Å². The Balaban J connectivity index is 0.949. The Morgan fingerprint density at radius 1 is 0.450 bits per heavy atom. The lowest BCUT2D eigenvalue weighted by Gasteiger charge is -2.25. The first-order valence-electron chi connectivity index (χ1n) is 20.8. The van der Waals surface area contributed by atoms with Gasteiger partial charge in [0.2, 0.25) is 0 Å². The van der Waals surface area contributed by atoms with Gasteiger partial charge in [-0.25, -0.2) is 0 Å². The highest BCUT2D eigenvalue weighted by atomic mass is 16.3. The highest BCUT2D eigenvalue weighted by Crippen LogP contribution is 2.54. The molecule has 0 saturated carbocycles. The summed E-state index contributed by atoms with van der Waals surface area (Å²) in [5, 5.41) is 10.6. The second-order valence-electron chi connectivity index (χ2n) is 16.8. The Morgan fingerprint density at radius 3 is 1.73 bits per heavy atom. The van der Waals surface area contributed by atoms with Crippen molar-refractivity contribution in [3.63, 3.8) is 0 Å². The van der Waals surface area contributed by atoms with Gasteiger partial charge in [-0.15, -0.1) is 0 Å². The Bertz CT molecular complexity index is 3580. The fraction of sp³-hybridized carbons (Fsp3) is 0.0690. The van der Waals surface area contributed by atoms with Crippen molar-refractivity contribution < 1.29 is 8.83 Å². The van der Waals surface area contributed by atoms with Crippen LogP contribution in [0.5, 0.6) is 0 Å². The van der Waals surface area contributed by atoms with Crippen molar-refractivity contribution in [2.45, 2.75) is 26.2 Å². The Morgan fingerprint density at radius 2 is 1.02 bits per heavy atom. The van der Waals surface area contributed by atoms with E-state index in [9.17, 15) is 0 Å². The number of rotatable bonds is 5. The van der Waals surface area contributed by atoms with Crippen molar-refractivity contribution in [3.8, 4) is 33.4 Å². The SMILES string of the molecule is C=CC1=C(c2c(C)oc3c2ccc2cc(-c4ccc(-c5c6ccccc6c(-c6ccc7oc8ccccc8c7c6)c6ccccc56)cc4)ccc23)C(C)(C)c2ccccc21. The molecule has 2 nitrogen and oxygen atoms in total. The molecular weight excluding hydrogens is 729 g/mol. The van der Waals surface area contributed by atoms with E-state index in [2.05, 4.69) is 185 Å². The average Bonchev–Trinajstić information content (AvgIpc) is 3.90. The number of hydrogen-bond acceptors (Lipinski definition) is 2. The summed E-state index contributed by atoms with van der Waals surface area (Å²) in [5.41, 5.74) is 16.0. The molecule has 1 aliphatic carbocycles. The van der Waals surface area contributed by atoms with Gasteiger partial charge < -0.3 is 8.83 Å². The fourth-order valence-corrected chi connectivity index (χ4v) is 10.5. The van der Waals surface area contributed by atoms with Crippen LogP contribution in [0.1, 0.15) is 36.3 Å². The van der Waals surface area contributed by atoms with Crippen molar-refractivity contribution in [3.05, 3.63) is 205 Å². The highest BCUT2D eigenvalue weighted by molar-refractivity contribution is 6.22.